The van der Waals surface area contributed by atoms with Gasteiger partial charge in [-0.05, 0) is 38.8 Å². The molecule has 0 radical (unpaired) electrons. The van der Waals surface area contributed by atoms with Crippen LogP contribution in [0, 0.1) is 0 Å². The van der Waals surface area contributed by atoms with Crippen molar-refractivity contribution in [3.8, 4) is 11.4 Å². The second-order valence-corrected chi connectivity index (χ2v) is 4.44. The number of hydrogen-bond acceptors (Lipinski definition) is 5. The van der Waals surface area contributed by atoms with Gasteiger partial charge in [-0.2, -0.15) is 0 Å². The summed E-state index contributed by atoms with van der Waals surface area (Å²) in [6.45, 7) is 1.89. The lowest BCUT2D eigenvalue weighted by Crippen LogP contribution is -2.15. The molecule has 1 N–H and O–H groups in total. The molecule has 0 fully saturated rings. The second kappa shape index (κ2) is 5.30. The highest BCUT2D eigenvalue weighted by atomic mass is 79.9. The number of carboxylic acid groups (broad SMARTS) is 1. The van der Waals surface area contributed by atoms with E-state index < -0.39 is 5.97 Å². The Hall–Kier alpha value is -1.70. The van der Waals surface area contributed by atoms with E-state index >= 15 is 0 Å². The van der Waals surface area contributed by atoms with Gasteiger partial charge in [0.1, 0.15) is 0 Å². The third-order valence-corrected chi connectivity index (χ3v) is 3.19. The summed E-state index contributed by atoms with van der Waals surface area (Å²) in [6, 6.07) is 1.44. The Balaban J connectivity index is 2.38. The first-order valence-electron chi connectivity index (χ1n) is 5.36. The van der Waals surface area contributed by atoms with E-state index in [0.717, 1.165) is 0 Å². The summed E-state index contributed by atoms with van der Waals surface area (Å²) in [5.41, 5.74) is 0.698. The van der Waals surface area contributed by atoms with Crippen LogP contribution in [0.1, 0.15) is 25.8 Å². The van der Waals surface area contributed by atoms with Gasteiger partial charge in [-0.15, -0.1) is 5.10 Å². The molecule has 0 spiro atoms. The van der Waals surface area contributed by atoms with Gasteiger partial charge < -0.3 is 9.52 Å². The van der Waals surface area contributed by atoms with Gasteiger partial charge in [0, 0.05) is 0 Å². The molecule has 2 rings (SSSR count). The highest BCUT2D eigenvalue weighted by molar-refractivity contribution is 9.10. The molecule has 96 valence electrons. The van der Waals surface area contributed by atoms with Crippen molar-refractivity contribution in [2.24, 2.45) is 0 Å². The van der Waals surface area contributed by atoms with Crippen LogP contribution in [-0.4, -0.2) is 31.3 Å². The van der Waals surface area contributed by atoms with Gasteiger partial charge in [-0.1, -0.05) is 6.92 Å². The summed E-state index contributed by atoms with van der Waals surface area (Å²) in [7, 11) is 0. The average Bonchev–Trinajstić information content (AvgIpc) is 2.93. The lowest BCUT2D eigenvalue weighted by Gasteiger charge is -2.13. The number of rotatable bonds is 5. The Labute approximate surface area is 111 Å². The lowest BCUT2D eigenvalue weighted by molar-refractivity contribution is -0.138. The third kappa shape index (κ3) is 2.42. The number of carbonyl (C=O) groups is 1. The number of aromatic nitrogens is 4. The van der Waals surface area contributed by atoms with Gasteiger partial charge in [-0.25, -0.2) is 4.68 Å². The van der Waals surface area contributed by atoms with Gasteiger partial charge in [0.15, 0.2) is 10.5 Å². The van der Waals surface area contributed by atoms with E-state index in [4.69, 9.17) is 9.52 Å². The van der Waals surface area contributed by atoms with Gasteiger partial charge in [0.2, 0.25) is 0 Å². The predicted octanol–water partition coefficient (Wildman–Crippen LogP) is 2.12. The fourth-order valence-electron chi connectivity index (χ4n) is 1.68. The minimum atomic E-state index is -0.880. The zero-order valence-electron chi connectivity index (χ0n) is 9.58. The van der Waals surface area contributed by atoms with Crippen LogP contribution in [0.3, 0.4) is 0 Å². The maximum absolute atomic E-state index is 10.8. The Morgan fingerprint density at radius 1 is 1.67 bits per heavy atom. The van der Waals surface area contributed by atoms with E-state index in [0.29, 0.717) is 22.5 Å². The zero-order valence-corrected chi connectivity index (χ0v) is 11.2. The number of furan rings is 1. The molecule has 18 heavy (non-hydrogen) atoms. The number of aliphatic carboxylic acids is 1. The van der Waals surface area contributed by atoms with E-state index in [1.165, 1.54) is 10.9 Å². The summed E-state index contributed by atoms with van der Waals surface area (Å²) in [4.78, 5) is 10.8. The van der Waals surface area contributed by atoms with Crippen molar-refractivity contribution in [2.75, 3.05) is 0 Å². The Morgan fingerprint density at radius 2 is 2.44 bits per heavy atom. The molecule has 0 aliphatic rings. The highest BCUT2D eigenvalue weighted by Gasteiger charge is 2.21. The maximum Gasteiger partial charge on any atom is 0.305 e. The first-order chi connectivity index (χ1) is 8.63. The first kappa shape index (κ1) is 12.7. The van der Waals surface area contributed by atoms with Crippen molar-refractivity contribution < 1.29 is 14.3 Å². The Morgan fingerprint density at radius 3 is 3.00 bits per heavy atom. The monoisotopic (exact) mass is 314 g/mol. The standard InChI is InChI=1S/C10H11BrN4O3/c1-2-6(5-8(16)17)15-10(12-13-14-15)7-3-4-18-9(7)11/h3-4,6H,2,5H2,1H3,(H,16,17). The van der Waals surface area contributed by atoms with Crippen LogP contribution in [0.15, 0.2) is 21.4 Å². The van der Waals surface area contributed by atoms with Gasteiger partial charge in [0.25, 0.3) is 0 Å². The van der Waals surface area contributed by atoms with E-state index in [9.17, 15) is 4.79 Å². The molecule has 0 bridgehead atoms. The molecular formula is C10H11BrN4O3. The lowest BCUT2D eigenvalue weighted by atomic mass is 10.1. The van der Waals surface area contributed by atoms with Crippen molar-refractivity contribution in [3.63, 3.8) is 0 Å². The van der Waals surface area contributed by atoms with Gasteiger partial charge in [0.05, 0.1) is 24.3 Å². The third-order valence-electron chi connectivity index (χ3n) is 2.58. The number of nitrogens with zero attached hydrogens (tertiary/aromatic N) is 4. The van der Waals surface area contributed by atoms with E-state index in [-0.39, 0.29) is 12.5 Å². The predicted molar refractivity (Wildman–Crippen MR) is 64.8 cm³/mol. The molecule has 0 aromatic carbocycles. The number of tetrazole rings is 1. The maximum atomic E-state index is 10.8. The summed E-state index contributed by atoms with van der Waals surface area (Å²) in [5.74, 6) is -0.390. The Kier molecular flexibility index (Phi) is 3.75. The van der Waals surface area contributed by atoms with Crippen molar-refractivity contribution >= 4 is 21.9 Å². The van der Waals surface area contributed by atoms with E-state index in [1.54, 1.807) is 6.07 Å². The number of halogens is 1. The SMILES string of the molecule is CCC(CC(=O)O)n1nnnc1-c1ccoc1Br. The van der Waals surface area contributed by atoms with Crippen molar-refractivity contribution in [1.29, 1.82) is 0 Å². The molecule has 0 aliphatic carbocycles. The molecule has 2 aromatic heterocycles. The largest absolute Gasteiger partial charge is 0.481 e. The quantitative estimate of drug-likeness (QED) is 0.908. The summed E-state index contributed by atoms with van der Waals surface area (Å²) in [6.07, 6.45) is 2.11. The number of hydrogen-bond donors (Lipinski definition) is 1. The average molecular weight is 315 g/mol. The van der Waals surface area contributed by atoms with Crippen LogP contribution in [-0.2, 0) is 4.79 Å². The molecule has 0 aliphatic heterocycles. The topological polar surface area (TPSA) is 94.0 Å². The molecule has 2 aromatic rings. The van der Waals surface area contributed by atoms with Crippen LogP contribution < -0.4 is 0 Å². The summed E-state index contributed by atoms with van der Waals surface area (Å²) in [5, 5.41) is 20.3. The summed E-state index contributed by atoms with van der Waals surface area (Å²) < 4.78 is 7.16. The van der Waals surface area contributed by atoms with E-state index in [1.807, 2.05) is 6.92 Å². The van der Waals surface area contributed by atoms with E-state index in [2.05, 4.69) is 31.5 Å². The molecule has 1 unspecified atom stereocenters. The molecule has 0 amide bonds. The molecule has 7 nitrogen and oxygen atoms in total. The fraction of sp³-hybridized carbons (Fsp3) is 0.400. The first-order valence-corrected chi connectivity index (χ1v) is 6.15. The normalized spacial score (nSPS) is 12.6. The van der Waals surface area contributed by atoms with Gasteiger partial charge in [-0.3, -0.25) is 4.79 Å². The minimum Gasteiger partial charge on any atom is -0.481 e. The second-order valence-electron chi connectivity index (χ2n) is 3.71. The number of carboxylic acids is 1. The van der Waals surface area contributed by atoms with Crippen LogP contribution in [0.2, 0.25) is 0 Å². The molecule has 0 saturated heterocycles. The van der Waals surface area contributed by atoms with Gasteiger partial charge >= 0.3 is 5.97 Å². The van der Waals surface area contributed by atoms with Crippen LogP contribution in [0.5, 0.6) is 0 Å². The smallest absolute Gasteiger partial charge is 0.305 e. The summed E-state index contributed by atoms with van der Waals surface area (Å²) >= 11 is 3.25. The van der Waals surface area contributed by atoms with Crippen LogP contribution >= 0.6 is 15.9 Å². The highest BCUT2D eigenvalue weighted by Crippen LogP contribution is 2.29. The van der Waals surface area contributed by atoms with Crippen LogP contribution in [0.4, 0.5) is 0 Å². The van der Waals surface area contributed by atoms with Crippen molar-refractivity contribution in [1.82, 2.24) is 20.2 Å². The zero-order chi connectivity index (χ0) is 13.1. The molecule has 2 heterocycles. The molecule has 8 heteroatoms. The molecule has 1 atom stereocenters. The Bertz CT molecular complexity index is 551. The van der Waals surface area contributed by atoms with Crippen molar-refractivity contribution in [3.05, 3.63) is 17.0 Å². The fourth-order valence-corrected chi connectivity index (χ4v) is 2.09. The van der Waals surface area contributed by atoms with Crippen molar-refractivity contribution in [2.45, 2.75) is 25.8 Å². The minimum absolute atomic E-state index is 0.0238. The molecular weight excluding hydrogens is 304 g/mol. The molecule has 0 saturated carbocycles. The van der Waals surface area contributed by atoms with Crippen LogP contribution in [0.25, 0.3) is 11.4 Å².